The maximum atomic E-state index is 13.1. The SMILES string of the molecule is CN(C(=O)c1scnc1C(C)(C)C)C1CCCN(c2ccccc2)C1=O. The summed E-state index contributed by atoms with van der Waals surface area (Å²) < 4.78 is 0. The average Bonchev–Trinajstić information content (AvgIpc) is 3.11. The normalized spacial score (nSPS) is 18.1. The van der Waals surface area contributed by atoms with E-state index in [1.54, 1.807) is 22.4 Å². The number of carbonyl (C=O) groups excluding carboxylic acids is 2. The minimum Gasteiger partial charge on any atom is -0.329 e. The average molecular weight is 372 g/mol. The molecule has 6 heteroatoms. The number of para-hydroxylation sites is 1. The fourth-order valence-electron chi connectivity index (χ4n) is 3.31. The van der Waals surface area contributed by atoms with Crippen molar-refractivity contribution in [1.29, 1.82) is 0 Å². The molecule has 1 aliphatic rings. The van der Waals surface area contributed by atoms with E-state index in [0.29, 0.717) is 17.8 Å². The molecule has 138 valence electrons. The van der Waals surface area contributed by atoms with E-state index in [-0.39, 0.29) is 17.2 Å². The largest absolute Gasteiger partial charge is 0.329 e. The molecule has 0 spiro atoms. The molecule has 2 amide bonds. The van der Waals surface area contributed by atoms with Crippen molar-refractivity contribution in [3.8, 4) is 0 Å². The summed E-state index contributed by atoms with van der Waals surface area (Å²) in [4.78, 5) is 34.5. The van der Waals surface area contributed by atoms with Gasteiger partial charge in [-0.05, 0) is 25.0 Å². The van der Waals surface area contributed by atoms with E-state index in [9.17, 15) is 9.59 Å². The Morgan fingerprint density at radius 2 is 1.96 bits per heavy atom. The summed E-state index contributed by atoms with van der Waals surface area (Å²) >= 11 is 1.35. The maximum Gasteiger partial charge on any atom is 0.266 e. The summed E-state index contributed by atoms with van der Waals surface area (Å²) in [5.74, 6) is -0.134. The molecule has 1 aromatic heterocycles. The molecule has 2 aromatic rings. The first-order valence-corrected chi connectivity index (χ1v) is 9.76. The Kier molecular flexibility index (Phi) is 5.14. The van der Waals surface area contributed by atoms with Crippen LogP contribution in [0.15, 0.2) is 35.8 Å². The van der Waals surface area contributed by atoms with E-state index in [2.05, 4.69) is 4.98 Å². The summed E-state index contributed by atoms with van der Waals surface area (Å²) in [5, 5.41) is 0. The van der Waals surface area contributed by atoms with Crippen LogP contribution in [0.3, 0.4) is 0 Å². The van der Waals surface area contributed by atoms with Crippen molar-refractivity contribution < 1.29 is 9.59 Å². The summed E-state index contributed by atoms with van der Waals surface area (Å²) in [6, 6.07) is 9.21. The molecule has 1 aliphatic heterocycles. The summed E-state index contributed by atoms with van der Waals surface area (Å²) in [7, 11) is 1.73. The number of anilines is 1. The smallest absolute Gasteiger partial charge is 0.266 e. The third-order valence-electron chi connectivity index (χ3n) is 4.74. The van der Waals surface area contributed by atoms with Gasteiger partial charge in [0, 0.05) is 24.7 Å². The molecule has 0 N–H and O–H groups in total. The first-order chi connectivity index (χ1) is 12.3. The highest BCUT2D eigenvalue weighted by Crippen LogP contribution is 2.30. The minimum absolute atomic E-state index is 0.0138. The van der Waals surface area contributed by atoms with Crippen molar-refractivity contribution in [2.75, 3.05) is 18.5 Å². The number of rotatable bonds is 3. The number of hydrogen-bond donors (Lipinski definition) is 0. The Bertz CT molecular complexity index is 795. The van der Waals surface area contributed by atoms with Gasteiger partial charge in [0.2, 0.25) is 5.91 Å². The Morgan fingerprint density at radius 1 is 1.27 bits per heavy atom. The van der Waals surface area contributed by atoms with Crippen LogP contribution in [-0.4, -0.2) is 41.3 Å². The Morgan fingerprint density at radius 3 is 2.62 bits per heavy atom. The standard InChI is InChI=1S/C20H25N3O2S/c1-20(2,3)17-16(26-13-21-17)19(25)22(4)15-11-8-12-23(18(15)24)14-9-6-5-7-10-14/h5-7,9-10,13,15H,8,11-12H2,1-4H3. The molecule has 1 saturated heterocycles. The minimum atomic E-state index is -0.439. The fraction of sp³-hybridized carbons (Fsp3) is 0.450. The van der Waals surface area contributed by atoms with Crippen LogP contribution in [0.1, 0.15) is 49.0 Å². The highest BCUT2D eigenvalue weighted by Gasteiger charge is 2.36. The Hall–Kier alpha value is -2.21. The fourth-order valence-corrected chi connectivity index (χ4v) is 4.29. The van der Waals surface area contributed by atoms with E-state index in [1.807, 2.05) is 51.1 Å². The summed E-state index contributed by atoms with van der Waals surface area (Å²) in [5.41, 5.74) is 3.18. The van der Waals surface area contributed by atoms with E-state index in [0.717, 1.165) is 17.8 Å². The molecule has 3 rings (SSSR count). The molecule has 0 saturated carbocycles. The van der Waals surface area contributed by atoms with Crippen LogP contribution < -0.4 is 4.90 Å². The van der Waals surface area contributed by atoms with Crippen LogP contribution in [0.4, 0.5) is 5.69 Å². The zero-order valence-corrected chi connectivity index (χ0v) is 16.5. The zero-order chi connectivity index (χ0) is 18.9. The molecule has 5 nitrogen and oxygen atoms in total. The van der Waals surface area contributed by atoms with Gasteiger partial charge < -0.3 is 9.80 Å². The van der Waals surface area contributed by atoms with Gasteiger partial charge in [0.1, 0.15) is 10.9 Å². The number of carbonyl (C=O) groups is 2. The molecule has 2 heterocycles. The number of likely N-dealkylation sites (N-methyl/N-ethyl adjacent to an activating group) is 1. The van der Waals surface area contributed by atoms with Gasteiger partial charge in [0.25, 0.3) is 5.91 Å². The molecule has 0 bridgehead atoms. The second kappa shape index (κ2) is 7.19. The lowest BCUT2D eigenvalue weighted by Crippen LogP contribution is -2.53. The van der Waals surface area contributed by atoms with Crippen LogP contribution in [0.2, 0.25) is 0 Å². The Balaban J connectivity index is 1.83. The Labute approximate surface area is 158 Å². The van der Waals surface area contributed by atoms with Gasteiger partial charge in [-0.3, -0.25) is 9.59 Å². The van der Waals surface area contributed by atoms with Gasteiger partial charge in [-0.15, -0.1) is 11.3 Å². The molecule has 0 aliphatic carbocycles. The van der Waals surface area contributed by atoms with Crippen LogP contribution in [0.5, 0.6) is 0 Å². The van der Waals surface area contributed by atoms with Crippen molar-refractivity contribution >= 4 is 28.8 Å². The van der Waals surface area contributed by atoms with Crippen LogP contribution in [-0.2, 0) is 10.2 Å². The number of piperidine rings is 1. The number of hydrogen-bond acceptors (Lipinski definition) is 4. The van der Waals surface area contributed by atoms with E-state index >= 15 is 0 Å². The lowest BCUT2D eigenvalue weighted by Gasteiger charge is -2.37. The quantitative estimate of drug-likeness (QED) is 0.826. The molecule has 26 heavy (non-hydrogen) atoms. The molecule has 1 aromatic carbocycles. The molecular weight excluding hydrogens is 346 g/mol. The summed E-state index contributed by atoms with van der Waals surface area (Å²) in [6.07, 6.45) is 1.56. The lowest BCUT2D eigenvalue weighted by molar-refractivity contribution is -0.124. The molecule has 1 fully saturated rings. The molecule has 1 unspecified atom stereocenters. The van der Waals surface area contributed by atoms with Gasteiger partial charge in [0.15, 0.2) is 0 Å². The summed E-state index contributed by atoms with van der Waals surface area (Å²) in [6.45, 7) is 6.82. The second-order valence-corrected chi connectivity index (χ2v) is 8.53. The van der Waals surface area contributed by atoms with Gasteiger partial charge in [-0.2, -0.15) is 0 Å². The number of thiazole rings is 1. The predicted molar refractivity (Wildman–Crippen MR) is 105 cm³/mol. The van der Waals surface area contributed by atoms with Gasteiger partial charge in [0.05, 0.1) is 11.2 Å². The number of benzene rings is 1. The maximum absolute atomic E-state index is 13.1. The first kappa shape index (κ1) is 18.6. The molecule has 1 atom stereocenters. The first-order valence-electron chi connectivity index (χ1n) is 8.88. The molecule has 0 radical (unpaired) electrons. The number of aromatic nitrogens is 1. The van der Waals surface area contributed by atoms with Crippen LogP contribution in [0, 0.1) is 0 Å². The van der Waals surface area contributed by atoms with Crippen molar-refractivity contribution in [3.63, 3.8) is 0 Å². The molecular formula is C20H25N3O2S. The monoisotopic (exact) mass is 371 g/mol. The number of nitrogens with zero attached hydrogens (tertiary/aromatic N) is 3. The third-order valence-corrected chi connectivity index (χ3v) is 5.55. The van der Waals surface area contributed by atoms with E-state index in [1.165, 1.54) is 11.3 Å². The third kappa shape index (κ3) is 3.51. The predicted octanol–water partition coefficient (Wildman–Crippen LogP) is 3.71. The van der Waals surface area contributed by atoms with Gasteiger partial charge in [-0.1, -0.05) is 39.0 Å². The highest BCUT2D eigenvalue weighted by molar-refractivity contribution is 7.11. The zero-order valence-electron chi connectivity index (χ0n) is 15.7. The van der Waals surface area contributed by atoms with E-state index in [4.69, 9.17) is 0 Å². The van der Waals surface area contributed by atoms with Gasteiger partial charge >= 0.3 is 0 Å². The van der Waals surface area contributed by atoms with Crippen LogP contribution in [0.25, 0.3) is 0 Å². The van der Waals surface area contributed by atoms with Crippen molar-refractivity contribution in [2.45, 2.75) is 45.1 Å². The van der Waals surface area contributed by atoms with Gasteiger partial charge in [-0.25, -0.2) is 4.98 Å². The van der Waals surface area contributed by atoms with Crippen molar-refractivity contribution in [2.24, 2.45) is 0 Å². The lowest BCUT2D eigenvalue weighted by atomic mass is 9.91. The second-order valence-electron chi connectivity index (χ2n) is 7.68. The van der Waals surface area contributed by atoms with Crippen molar-refractivity contribution in [3.05, 3.63) is 46.4 Å². The van der Waals surface area contributed by atoms with Crippen molar-refractivity contribution in [1.82, 2.24) is 9.88 Å². The van der Waals surface area contributed by atoms with E-state index < -0.39 is 6.04 Å². The topological polar surface area (TPSA) is 53.5 Å². The number of amides is 2. The van der Waals surface area contributed by atoms with Crippen LogP contribution >= 0.6 is 11.3 Å². The highest BCUT2D eigenvalue weighted by atomic mass is 32.1.